The van der Waals surface area contributed by atoms with Gasteiger partial charge in [0.15, 0.2) is 23.2 Å². The van der Waals surface area contributed by atoms with Gasteiger partial charge in [0.1, 0.15) is 60.2 Å². The average Bonchev–Trinajstić information content (AvgIpc) is 3.63. The first-order valence-corrected chi connectivity index (χ1v) is 18.3. The van der Waals surface area contributed by atoms with Crippen LogP contribution in [0.1, 0.15) is 30.7 Å². The van der Waals surface area contributed by atoms with E-state index < -0.39 is 83.6 Å². The van der Waals surface area contributed by atoms with Gasteiger partial charge in [0, 0.05) is 4.99 Å². The van der Waals surface area contributed by atoms with Crippen molar-refractivity contribution in [1.82, 2.24) is 29.8 Å². The van der Waals surface area contributed by atoms with Crippen LogP contribution in [0.3, 0.4) is 0 Å². The van der Waals surface area contributed by atoms with Gasteiger partial charge in [-0.25, -0.2) is 39.2 Å². The highest BCUT2D eigenvalue weighted by Crippen LogP contribution is 2.60. The molecule has 3 aromatic heterocycles. The maximum Gasteiger partial charge on any atom is 1.00 e. The van der Waals surface area contributed by atoms with Crippen molar-refractivity contribution in [3.63, 3.8) is 0 Å². The molecule has 2 aliphatic rings. The molecule has 53 heavy (non-hydrogen) atoms. The van der Waals surface area contributed by atoms with E-state index in [-0.39, 0.29) is 42.1 Å². The Morgan fingerprint density at radius 1 is 1.08 bits per heavy atom. The van der Waals surface area contributed by atoms with Gasteiger partial charge in [-0.15, -0.1) is 0 Å². The molecule has 5 heterocycles. The van der Waals surface area contributed by atoms with Crippen molar-refractivity contribution in [3.05, 3.63) is 53.3 Å². The minimum absolute atomic E-state index is 0. The van der Waals surface area contributed by atoms with Crippen LogP contribution >= 0.6 is 15.6 Å². The number of phosphoric acid groups is 2. The van der Waals surface area contributed by atoms with Gasteiger partial charge < -0.3 is 45.8 Å². The van der Waals surface area contributed by atoms with Crippen LogP contribution in [0.2, 0.25) is 0 Å². The van der Waals surface area contributed by atoms with Gasteiger partial charge in [-0.3, -0.25) is 18.4 Å². The molecule has 0 spiro atoms. The first-order valence-electron chi connectivity index (χ1n) is 15.3. The first-order chi connectivity index (χ1) is 24.9. The fraction of sp³-hybridized carbons (Fsp3) is 0.407. The molecule has 24 nitrogen and oxygen atoms in total. The number of amides is 3. The van der Waals surface area contributed by atoms with E-state index in [0.717, 1.165) is 27.9 Å². The average molecular weight is 787 g/mol. The van der Waals surface area contributed by atoms with Crippen molar-refractivity contribution in [2.24, 2.45) is 4.99 Å². The number of carbonyl (C=O) groups excluding carboxylic acids is 2. The molecular weight excluding hydrogens is 752 g/mol. The molecule has 1 aromatic carbocycles. The molecule has 26 heteroatoms. The second-order valence-corrected chi connectivity index (χ2v) is 14.9. The van der Waals surface area contributed by atoms with Crippen LogP contribution in [0.15, 0.2) is 29.8 Å². The highest BCUT2D eigenvalue weighted by Gasteiger charge is 2.46. The normalized spacial score (nSPS) is 24.7. The largest absolute Gasteiger partial charge is 1.00 e. The lowest BCUT2D eigenvalue weighted by Gasteiger charge is -2.22. The number of hydrogen-bond acceptors (Lipinski definition) is 18. The van der Waals surface area contributed by atoms with E-state index in [0.29, 0.717) is 0 Å². The van der Waals surface area contributed by atoms with Crippen molar-refractivity contribution < 1.29 is 79.2 Å². The molecule has 3 amide bonds. The zero-order chi connectivity index (χ0) is 38.6. The predicted molar refractivity (Wildman–Crippen MR) is 174 cm³/mol. The monoisotopic (exact) mass is 786 g/mol. The summed E-state index contributed by atoms with van der Waals surface area (Å²) in [7, 11) is -11.0. The maximum atomic E-state index is 12.5. The summed E-state index contributed by atoms with van der Waals surface area (Å²) in [6, 6.07) is 2.22. The number of urea groups is 1. The minimum atomic E-state index is -5.55. The fourth-order valence-electron chi connectivity index (χ4n) is 5.39. The third-order valence-corrected chi connectivity index (χ3v) is 10.8. The zero-order valence-electron chi connectivity index (χ0n) is 29.3. The van der Waals surface area contributed by atoms with E-state index in [1.54, 1.807) is 26.0 Å². The minimum Gasteiger partial charge on any atom is -0.388 e. The third kappa shape index (κ3) is 7.86. The van der Waals surface area contributed by atoms with E-state index in [1.807, 2.05) is 5.32 Å². The summed E-state index contributed by atoms with van der Waals surface area (Å²) in [6.07, 6.45) is -9.25. The summed E-state index contributed by atoms with van der Waals surface area (Å²) < 4.78 is 46.4. The number of nitrogens with one attached hydrogen (secondary N) is 1. The van der Waals surface area contributed by atoms with E-state index >= 15 is 0 Å². The lowest BCUT2D eigenvalue weighted by Crippen LogP contribution is -2.52. The molecule has 0 bridgehead atoms. The van der Waals surface area contributed by atoms with Gasteiger partial charge >= 0.3 is 30.0 Å². The Balaban J connectivity index is 0.00000336. The number of aromatic nitrogens is 6. The summed E-state index contributed by atoms with van der Waals surface area (Å²) in [5.41, 5.74) is 7.52. The fourth-order valence-corrected chi connectivity index (χ4v) is 7.49. The van der Waals surface area contributed by atoms with E-state index in [1.165, 1.54) is 10.9 Å². The van der Waals surface area contributed by atoms with E-state index in [2.05, 4.69) is 33.8 Å². The quantitative estimate of drug-likeness (QED) is 0.0518. The molecular formula is C27H34N9O15P2+3. The van der Waals surface area contributed by atoms with Gasteiger partial charge in [-0.1, -0.05) is 0 Å². The van der Waals surface area contributed by atoms with Gasteiger partial charge in [0.2, 0.25) is 5.69 Å². The molecule has 0 aliphatic carbocycles. The lowest BCUT2D eigenvalue weighted by molar-refractivity contribution is -0.506. The van der Waals surface area contributed by atoms with Crippen molar-refractivity contribution >= 4 is 55.6 Å². The molecule has 1 fully saturated rings. The van der Waals surface area contributed by atoms with E-state index in [9.17, 15) is 54.0 Å². The highest BCUT2D eigenvalue weighted by molar-refractivity contribution is 7.61. The Hall–Kier alpha value is -4.26. The van der Waals surface area contributed by atoms with Crippen molar-refractivity contribution in [1.29, 1.82) is 0 Å². The Labute approximate surface area is 298 Å². The number of aliphatic hydroxyl groups is 5. The Kier molecular flexibility index (Phi) is 10.5. The molecule has 0 radical (unpaired) electrons. The van der Waals surface area contributed by atoms with Gasteiger partial charge in [0.25, 0.3) is 5.91 Å². The Morgan fingerprint density at radius 3 is 2.51 bits per heavy atom. The summed E-state index contributed by atoms with van der Waals surface area (Å²) >= 11 is 0. The number of imide groups is 1. The van der Waals surface area contributed by atoms with Crippen LogP contribution in [0.5, 0.6) is 0 Å². The second-order valence-electron chi connectivity index (χ2n) is 11.9. The van der Waals surface area contributed by atoms with Crippen LogP contribution in [-0.2, 0) is 27.2 Å². The van der Waals surface area contributed by atoms with Crippen molar-refractivity contribution in [2.45, 2.75) is 56.7 Å². The van der Waals surface area contributed by atoms with Gasteiger partial charge in [-0.05, 0) is 37.1 Å². The standard InChI is InChI=1S/C27H31N9O15P2/c1-10-3-12-13(4-11(10)2)35(24-18(32-12)25(42)34-27(43)33-24)5-14(37)19(39)15(38)6-48-52(44,45)51-53(46,47)49-7-16-20(40)21(41)26(50-16)36-9-31-17-22(28)29-8-30-23(17)36/h3-5,8-9,14-16,19-21,26,37-41H,6-7H2,1-2H3,(H4-,28,29,30,34,42,43,44,45,46,47)/p+3/t14-,15+,16+,19-,20+,21+,26+/m0/s1. The van der Waals surface area contributed by atoms with Gasteiger partial charge in [0.05, 0.1) is 19.5 Å². The van der Waals surface area contributed by atoms with Crippen LogP contribution in [0, 0.1) is 20.1 Å². The molecule has 4 aromatic rings. The molecule has 1 saturated heterocycles. The molecule has 0 saturated carbocycles. The smallest absolute Gasteiger partial charge is 0.388 e. The molecule has 2 unspecified atom stereocenters. The topological polar surface area (TPSA) is 360 Å². The van der Waals surface area contributed by atoms with E-state index in [4.69, 9.17) is 15.0 Å². The van der Waals surface area contributed by atoms with Crippen molar-refractivity contribution in [2.75, 3.05) is 18.9 Å². The molecule has 284 valence electrons. The lowest BCUT2D eigenvalue weighted by atomic mass is 10.1. The number of aliphatic hydroxyl groups excluding tert-OH is 5. The number of nitrogens with zero attached hydrogens (tertiary/aromatic N) is 7. The van der Waals surface area contributed by atoms with Crippen LogP contribution in [0.25, 0.3) is 22.2 Å². The Morgan fingerprint density at radius 2 is 1.77 bits per heavy atom. The highest BCUT2D eigenvalue weighted by atomic mass is 31.3. The van der Waals surface area contributed by atoms with Crippen LogP contribution in [-0.4, -0.2) is 122 Å². The SMILES string of the molecule is Cc1cc2nc3c([n+](=C[C@H](O)[C@H](O)[C@H](O)COP(=O)(O)OP(=O)(O)OC[C@H]4O[C@@H](n5cnc6c(N)ncnc65)[C@H](O)[C@@H]4O)c2cc1C)=NC(=O)NC3=O.[H+].[H+]. The molecule has 9 atom stereocenters. The van der Waals surface area contributed by atoms with Crippen LogP contribution < -0.4 is 20.8 Å². The van der Waals surface area contributed by atoms with Gasteiger partial charge in [-0.2, -0.15) is 8.55 Å². The summed E-state index contributed by atoms with van der Waals surface area (Å²) in [5, 5.41) is 54.9. The summed E-state index contributed by atoms with van der Waals surface area (Å²) in [6.45, 7) is 1.33. The number of anilines is 1. The summed E-state index contributed by atoms with van der Waals surface area (Å²) in [5.74, 6) is -0.854. The maximum absolute atomic E-state index is 12.5. The molecule has 10 N–H and O–H groups in total. The number of fused-ring (bicyclic) bond motifs is 3. The number of rotatable bonds is 12. The number of benzene rings is 1. The zero-order valence-corrected chi connectivity index (χ0v) is 29.1. The number of nitrogen functional groups attached to an aromatic ring is 1. The first kappa shape index (κ1) is 38.5. The number of phosphoric ester groups is 2. The van der Waals surface area contributed by atoms with Crippen molar-refractivity contribution in [3.8, 4) is 0 Å². The Bertz CT molecular complexity index is 2360. The number of ether oxygens (including phenoxy) is 1. The number of carbonyl (C=O) groups is 2. The third-order valence-electron chi connectivity index (χ3n) is 8.23. The molecule has 6 rings (SSSR count). The number of nitrogens with two attached hydrogens (primary N) is 1. The summed E-state index contributed by atoms with van der Waals surface area (Å²) in [4.78, 5) is 64.5. The van der Waals surface area contributed by atoms with Crippen LogP contribution in [0.4, 0.5) is 10.6 Å². The predicted octanol–water partition coefficient (Wildman–Crippen LogP) is -2.77. The number of aryl methyl sites for hydroxylation is 2. The number of hydrogen-bond donors (Lipinski definition) is 9. The molecule has 2 aliphatic heterocycles. The second kappa shape index (κ2) is 14.5. The number of imidazole rings is 1.